The molecule has 1 aliphatic rings. The van der Waals surface area contributed by atoms with E-state index >= 15 is 0 Å². The molecule has 2 rings (SSSR count). The van der Waals surface area contributed by atoms with E-state index < -0.39 is 0 Å². The molecule has 6 heteroatoms. The molecular weight excluding hydrogens is 202 g/mol. The summed E-state index contributed by atoms with van der Waals surface area (Å²) in [6.45, 7) is 2.33. The van der Waals surface area contributed by atoms with E-state index in [-0.39, 0.29) is 11.8 Å². The molecular formula is C8H11N3O2S. The van der Waals surface area contributed by atoms with Crippen molar-refractivity contribution in [3.63, 3.8) is 0 Å². The van der Waals surface area contributed by atoms with Crippen LogP contribution in [0.15, 0.2) is 4.42 Å². The van der Waals surface area contributed by atoms with Crippen molar-refractivity contribution in [2.45, 2.75) is 13.3 Å². The maximum atomic E-state index is 11.5. The van der Waals surface area contributed by atoms with Gasteiger partial charge >= 0.3 is 6.01 Å². The second-order valence-electron chi connectivity index (χ2n) is 3.36. The predicted molar refractivity (Wildman–Crippen MR) is 53.3 cm³/mol. The summed E-state index contributed by atoms with van der Waals surface area (Å²) in [6.07, 6.45) is 0.519. The van der Waals surface area contributed by atoms with E-state index in [0.717, 1.165) is 0 Å². The molecule has 2 heterocycles. The van der Waals surface area contributed by atoms with Crippen molar-refractivity contribution in [3.05, 3.63) is 5.89 Å². The van der Waals surface area contributed by atoms with Crippen LogP contribution in [0.5, 0.6) is 0 Å². The Morgan fingerprint density at radius 3 is 2.93 bits per heavy atom. The molecule has 0 aromatic carbocycles. The molecule has 1 aliphatic heterocycles. The Bertz CT molecular complexity index is 352. The number of hydrogen-bond acceptors (Lipinski definition) is 5. The van der Waals surface area contributed by atoms with E-state index in [1.165, 1.54) is 4.90 Å². The summed E-state index contributed by atoms with van der Waals surface area (Å²) in [5.41, 5.74) is 0. The zero-order valence-corrected chi connectivity index (χ0v) is 8.70. The van der Waals surface area contributed by atoms with Gasteiger partial charge in [0.25, 0.3) is 0 Å². The van der Waals surface area contributed by atoms with E-state index in [4.69, 9.17) is 4.42 Å². The average molecular weight is 213 g/mol. The molecule has 5 nitrogen and oxygen atoms in total. The summed E-state index contributed by atoms with van der Waals surface area (Å²) in [7, 11) is 0. The van der Waals surface area contributed by atoms with Crippen molar-refractivity contribution in [1.82, 2.24) is 10.2 Å². The molecule has 0 N–H and O–H groups in total. The topological polar surface area (TPSA) is 59.2 Å². The minimum atomic E-state index is 0.0349. The molecule has 14 heavy (non-hydrogen) atoms. The lowest BCUT2D eigenvalue weighted by atomic mass is 10.1. The predicted octanol–water partition coefficient (Wildman–Crippen LogP) is 0.661. The highest BCUT2D eigenvalue weighted by molar-refractivity contribution is 7.80. The van der Waals surface area contributed by atoms with E-state index in [2.05, 4.69) is 22.8 Å². The second kappa shape index (κ2) is 3.61. The van der Waals surface area contributed by atoms with E-state index in [1.807, 2.05) is 0 Å². The van der Waals surface area contributed by atoms with Gasteiger partial charge in [0.15, 0.2) is 0 Å². The molecule has 1 aromatic heterocycles. The van der Waals surface area contributed by atoms with Gasteiger partial charge in [0.2, 0.25) is 11.8 Å². The first-order valence-corrected chi connectivity index (χ1v) is 5.05. The molecule has 1 atom stereocenters. The lowest BCUT2D eigenvalue weighted by molar-refractivity contribution is -0.117. The lowest BCUT2D eigenvalue weighted by Crippen LogP contribution is -2.24. The van der Waals surface area contributed by atoms with Gasteiger partial charge in [-0.3, -0.25) is 9.69 Å². The molecule has 0 saturated carbocycles. The van der Waals surface area contributed by atoms with Crippen LogP contribution in [0.4, 0.5) is 6.01 Å². The number of carbonyl (C=O) groups excluding carboxylic acids is 1. The first-order chi connectivity index (χ1) is 6.70. The standard InChI is InChI=1S/C8H11N3O2S/c1-5-9-10-8(13-5)11-3-6(4-14)2-7(11)12/h6,14H,2-4H2,1H3. The van der Waals surface area contributed by atoms with Crippen LogP contribution in [0.3, 0.4) is 0 Å². The smallest absolute Gasteiger partial charge is 0.324 e. The highest BCUT2D eigenvalue weighted by atomic mass is 32.1. The molecule has 1 aromatic rings. The number of hydrogen-bond donors (Lipinski definition) is 1. The largest absolute Gasteiger partial charge is 0.408 e. The minimum absolute atomic E-state index is 0.0349. The highest BCUT2D eigenvalue weighted by Gasteiger charge is 2.32. The van der Waals surface area contributed by atoms with Crippen LogP contribution in [-0.2, 0) is 4.79 Å². The van der Waals surface area contributed by atoms with Gasteiger partial charge in [-0.25, -0.2) is 0 Å². The molecule has 1 unspecified atom stereocenters. The van der Waals surface area contributed by atoms with Gasteiger partial charge in [0, 0.05) is 19.9 Å². The van der Waals surface area contributed by atoms with Crippen molar-refractivity contribution >= 4 is 24.6 Å². The number of amides is 1. The highest BCUT2D eigenvalue weighted by Crippen LogP contribution is 2.24. The van der Waals surface area contributed by atoms with Crippen LogP contribution in [0.2, 0.25) is 0 Å². The molecule has 0 spiro atoms. The molecule has 0 radical (unpaired) electrons. The van der Waals surface area contributed by atoms with Crippen LogP contribution < -0.4 is 4.90 Å². The fourth-order valence-electron chi connectivity index (χ4n) is 1.48. The summed E-state index contributed by atoms with van der Waals surface area (Å²) in [5, 5.41) is 7.50. The summed E-state index contributed by atoms with van der Waals surface area (Å²) in [4.78, 5) is 13.0. The second-order valence-corrected chi connectivity index (χ2v) is 3.73. The molecule has 1 saturated heterocycles. The number of carbonyl (C=O) groups is 1. The quantitative estimate of drug-likeness (QED) is 0.733. The number of nitrogens with zero attached hydrogens (tertiary/aromatic N) is 3. The average Bonchev–Trinajstić information content (AvgIpc) is 2.71. The van der Waals surface area contributed by atoms with Crippen molar-refractivity contribution in [3.8, 4) is 0 Å². The maximum absolute atomic E-state index is 11.5. The lowest BCUT2D eigenvalue weighted by Gasteiger charge is -2.09. The Balaban J connectivity index is 2.16. The number of rotatable bonds is 2. The maximum Gasteiger partial charge on any atom is 0.324 e. The van der Waals surface area contributed by atoms with Gasteiger partial charge < -0.3 is 4.42 Å². The minimum Gasteiger partial charge on any atom is -0.408 e. The number of aryl methyl sites for hydroxylation is 1. The Hall–Kier alpha value is -1.04. The van der Waals surface area contributed by atoms with Crippen LogP contribution in [0, 0.1) is 12.8 Å². The van der Waals surface area contributed by atoms with Crippen LogP contribution in [0.25, 0.3) is 0 Å². The SMILES string of the molecule is Cc1nnc(N2CC(CS)CC2=O)o1. The third kappa shape index (κ3) is 1.61. The fraction of sp³-hybridized carbons (Fsp3) is 0.625. The Labute approximate surface area is 86.9 Å². The zero-order chi connectivity index (χ0) is 10.1. The van der Waals surface area contributed by atoms with Gasteiger partial charge in [-0.15, -0.1) is 5.10 Å². The third-order valence-corrected chi connectivity index (χ3v) is 2.73. The fourth-order valence-corrected chi connectivity index (χ4v) is 1.73. The number of thiol groups is 1. The van der Waals surface area contributed by atoms with Crippen LogP contribution >= 0.6 is 12.6 Å². The Kier molecular flexibility index (Phi) is 2.45. The molecule has 0 aliphatic carbocycles. The van der Waals surface area contributed by atoms with E-state index in [0.29, 0.717) is 30.6 Å². The van der Waals surface area contributed by atoms with Crippen LogP contribution in [-0.4, -0.2) is 28.4 Å². The monoisotopic (exact) mass is 213 g/mol. The summed E-state index contributed by atoms with van der Waals surface area (Å²) < 4.78 is 5.19. The molecule has 1 fully saturated rings. The van der Waals surface area contributed by atoms with Crippen molar-refractivity contribution in [2.24, 2.45) is 5.92 Å². The molecule has 76 valence electrons. The van der Waals surface area contributed by atoms with Gasteiger partial charge in [0.1, 0.15) is 0 Å². The van der Waals surface area contributed by atoms with Gasteiger partial charge in [0.05, 0.1) is 0 Å². The van der Waals surface area contributed by atoms with Gasteiger partial charge in [-0.05, 0) is 11.7 Å². The van der Waals surface area contributed by atoms with Crippen molar-refractivity contribution in [1.29, 1.82) is 0 Å². The zero-order valence-electron chi connectivity index (χ0n) is 7.80. The van der Waals surface area contributed by atoms with Gasteiger partial charge in [-0.2, -0.15) is 12.6 Å². The van der Waals surface area contributed by atoms with E-state index in [1.54, 1.807) is 6.92 Å². The summed E-state index contributed by atoms with van der Waals surface area (Å²) in [6, 6.07) is 0.303. The van der Waals surface area contributed by atoms with E-state index in [9.17, 15) is 4.79 Å². The molecule has 1 amide bonds. The first kappa shape index (κ1) is 9.51. The van der Waals surface area contributed by atoms with Crippen LogP contribution in [0.1, 0.15) is 12.3 Å². The molecule has 0 bridgehead atoms. The van der Waals surface area contributed by atoms with Crippen molar-refractivity contribution < 1.29 is 9.21 Å². The summed E-state index contributed by atoms with van der Waals surface area (Å²) >= 11 is 4.17. The normalized spacial score (nSPS) is 22.0. The summed E-state index contributed by atoms with van der Waals surface area (Å²) in [5.74, 6) is 1.50. The number of aromatic nitrogens is 2. The third-order valence-electron chi connectivity index (χ3n) is 2.21. The van der Waals surface area contributed by atoms with Crippen molar-refractivity contribution in [2.75, 3.05) is 17.2 Å². The first-order valence-electron chi connectivity index (χ1n) is 4.42. The number of anilines is 1. The Morgan fingerprint density at radius 2 is 2.43 bits per heavy atom. The van der Waals surface area contributed by atoms with Gasteiger partial charge in [-0.1, -0.05) is 5.10 Å². The Morgan fingerprint density at radius 1 is 1.64 bits per heavy atom.